The van der Waals surface area contributed by atoms with Crippen LogP contribution in [0.5, 0.6) is 0 Å². The minimum absolute atomic E-state index is 0.113. The molecule has 1 atom stereocenters. The molecule has 1 amide bonds. The van der Waals surface area contributed by atoms with Crippen LogP contribution >= 0.6 is 0 Å². The van der Waals surface area contributed by atoms with Gasteiger partial charge in [-0.2, -0.15) is 0 Å². The SMILES string of the molecule is COC(=O)[C@H](Cc1ccc(C(=O)OC(C)(C)C)cc1)NC(=O)c1ccccc1F. The summed E-state index contributed by atoms with van der Waals surface area (Å²) in [6.45, 7) is 5.33. The molecule has 6 nitrogen and oxygen atoms in total. The fourth-order valence-electron chi connectivity index (χ4n) is 2.57. The summed E-state index contributed by atoms with van der Waals surface area (Å²) in [5.41, 5.74) is 0.278. The Hall–Kier alpha value is -3.22. The third kappa shape index (κ3) is 6.41. The van der Waals surface area contributed by atoms with Crippen LogP contribution in [0.3, 0.4) is 0 Å². The molecule has 0 heterocycles. The molecule has 0 aliphatic carbocycles. The summed E-state index contributed by atoms with van der Waals surface area (Å²) in [5, 5.41) is 2.50. The zero-order chi connectivity index (χ0) is 21.6. The van der Waals surface area contributed by atoms with E-state index in [1.165, 1.54) is 25.3 Å². The van der Waals surface area contributed by atoms with Gasteiger partial charge in [-0.1, -0.05) is 24.3 Å². The van der Waals surface area contributed by atoms with E-state index >= 15 is 0 Å². The Labute approximate surface area is 169 Å². The minimum Gasteiger partial charge on any atom is -0.467 e. The summed E-state index contributed by atoms with van der Waals surface area (Å²) in [7, 11) is 1.20. The van der Waals surface area contributed by atoms with Crippen molar-refractivity contribution in [2.24, 2.45) is 0 Å². The van der Waals surface area contributed by atoms with Gasteiger partial charge in [-0.15, -0.1) is 0 Å². The lowest BCUT2D eigenvalue weighted by atomic mass is 10.0. The Morgan fingerprint density at radius 3 is 2.21 bits per heavy atom. The van der Waals surface area contributed by atoms with E-state index in [1.807, 2.05) is 0 Å². The summed E-state index contributed by atoms with van der Waals surface area (Å²) in [6, 6.07) is 10.9. The second-order valence-electron chi connectivity index (χ2n) is 7.43. The van der Waals surface area contributed by atoms with Crippen LogP contribution in [0.4, 0.5) is 4.39 Å². The van der Waals surface area contributed by atoms with Gasteiger partial charge in [-0.3, -0.25) is 4.79 Å². The third-order valence-corrected chi connectivity index (χ3v) is 3.94. The van der Waals surface area contributed by atoms with Crippen molar-refractivity contribution in [3.05, 3.63) is 71.0 Å². The van der Waals surface area contributed by atoms with Crippen molar-refractivity contribution < 1.29 is 28.2 Å². The van der Waals surface area contributed by atoms with Gasteiger partial charge in [0.25, 0.3) is 5.91 Å². The monoisotopic (exact) mass is 401 g/mol. The molecule has 154 valence electrons. The summed E-state index contributed by atoms with van der Waals surface area (Å²) in [6.07, 6.45) is 0.113. The topological polar surface area (TPSA) is 81.7 Å². The molecule has 0 aliphatic heterocycles. The van der Waals surface area contributed by atoms with Gasteiger partial charge in [0.1, 0.15) is 17.5 Å². The molecule has 0 saturated carbocycles. The van der Waals surface area contributed by atoms with Gasteiger partial charge in [-0.25, -0.2) is 14.0 Å². The first-order valence-electron chi connectivity index (χ1n) is 9.06. The molecule has 2 aromatic rings. The molecule has 0 aromatic heterocycles. The molecule has 0 aliphatic rings. The molecule has 0 fully saturated rings. The van der Waals surface area contributed by atoms with Crippen molar-refractivity contribution in [2.45, 2.75) is 38.8 Å². The standard InChI is InChI=1S/C22H24FNO5/c1-22(2,3)29-20(26)15-11-9-14(10-12-15)13-18(21(27)28-4)24-19(25)16-7-5-6-8-17(16)23/h5-12,18H,13H2,1-4H3,(H,24,25)/t18-/m0/s1. The number of rotatable bonds is 6. The predicted octanol–water partition coefficient (Wildman–Crippen LogP) is 3.30. The van der Waals surface area contributed by atoms with Crippen LogP contribution in [0, 0.1) is 5.82 Å². The maximum Gasteiger partial charge on any atom is 0.338 e. The number of halogens is 1. The van der Waals surface area contributed by atoms with E-state index in [0.29, 0.717) is 11.1 Å². The number of nitrogens with one attached hydrogen (secondary N) is 1. The minimum atomic E-state index is -1.01. The zero-order valence-corrected chi connectivity index (χ0v) is 16.8. The molecule has 29 heavy (non-hydrogen) atoms. The van der Waals surface area contributed by atoms with E-state index < -0.39 is 35.3 Å². The zero-order valence-electron chi connectivity index (χ0n) is 16.8. The highest BCUT2D eigenvalue weighted by atomic mass is 19.1. The first-order valence-corrected chi connectivity index (χ1v) is 9.06. The van der Waals surface area contributed by atoms with Gasteiger partial charge in [-0.05, 0) is 50.6 Å². The van der Waals surface area contributed by atoms with Crippen LogP contribution in [-0.2, 0) is 20.7 Å². The highest BCUT2D eigenvalue weighted by Gasteiger charge is 2.24. The highest BCUT2D eigenvalue weighted by molar-refractivity contribution is 5.97. The molecule has 0 unspecified atom stereocenters. The number of carbonyl (C=O) groups is 3. The van der Waals surface area contributed by atoms with Gasteiger partial charge in [0.15, 0.2) is 0 Å². The van der Waals surface area contributed by atoms with Crippen LogP contribution in [-0.4, -0.2) is 36.6 Å². The molecule has 2 rings (SSSR count). The molecule has 7 heteroatoms. The number of hydrogen-bond donors (Lipinski definition) is 1. The molecular formula is C22H24FNO5. The molecule has 0 spiro atoms. The van der Waals surface area contributed by atoms with Gasteiger partial charge < -0.3 is 14.8 Å². The fourth-order valence-corrected chi connectivity index (χ4v) is 2.57. The van der Waals surface area contributed by atoms with Gasteiger partial charge >= 0.3 is 11.9 Å². The molecule has 0 bridgehead atoms. The number of amides is 1. The van der Waals surface area contributed by atoms with Crippen LogP contribution in [0.15, 0.2) is 48.5 Å². The van der Waals surface area contributed by atoms with E-state index in [9.17, 15) is 18.8 Å². The predicted molar refractivity (Wildman–Crippen MR) is 105 cm³/mol. The van der Waals surface area contributed by atoms with E-state index in [2.05, 4.69) is 5.32 Å². The maximum atomic E-state index is 13.8. The van der Waals surface area contributed by atoms with Crippen molar-refractivity contribution in [1.82, 2.24) is 5.32 Å². The Morgan fingerprint density at radius 1 is 1.03 bits per heavy atom. The maximum absolute atomic E-state index is 13.8. The lowest BCUT2D eigenvalue weighted by Crippen LogP contribution is -2.43. The molecule has 1 N–H and O–H groups in total. The van der Waals surface area contributed by atoms with Gasteiger partial charge in [0, 0.05) is 6.42 Å². The Bertz CT molecular complexity index is 887. The first-order chi connectivity index (χ1) is 13.6. The number of hydrogen-bond acceptors (Lipinski definition) is 5. The molecule has 0 radical (unpaired) electrons. The van der Waals surface area contributed by atoms with E-state index in [0.717, 1.165) is 6.07 Å². The lowest BCUT2D eigenvalue weighted by molar-refractivity contribution is -0.142. The smallest absolute Gasteiger partial charge is 0.338 e. The van der Waals surface area contributed by atoms with Crippen LogP contribution in [0.1, 0.15) is 47.1 Å². The quantitative estimate of drug-likeness (QED) is 0.751. The third-order valence-electron chi connectivity index (χ3n) is 3.94. The molecule has 2 aromatic carbocycles. The summed E-state index contributed by atoms with van der Waals surface area (Å²) < 4.78 is 23.9. The van der Waals surface area contributed by atoms with Crippen molar-refractivity contribution >= 4 is 17.8 Å². The largest absolute Gasteiger partial charge is 0.467 e. The molecular weight excluding hydrogens is 377 g/mol. The van der Waals surface area contributed by atoms with Crippen molar-refractivity contribution in [1.29, 1.82) is 0 Å². The molecule has 0 saturated heterocycles. The summed E-state index contributed by atoms with van der Waals surface area (Å²) in [5.74, 6) is -2.52. The fraction of sp³-hybridized carbons (Fsp3) is 0.318. The Morgan fingerprint density at radius 2 is 1.66 bits per heavy atom. The average molecular weight is 401 g/mol. The number of benzene rings is 2. The number of methoxy groups -OCH3 is 1. The Balaban J connectivity index is 2.12. The lowest BCUT2D eigenvalue weighted by Gasteiger charge is -2.20. The van der Waals surface area contributed by atoms with E-state index in [-0.39, 0.29) is 12.0 Å². The number of carbonyl (C=O) groups excluding carboxylic acids is 3. The first kappa shape index (κ1) is 22.1. The van der Waals surface area contributed by atoms with Crippen LogP contribution in [0.2, 0.25) is 0 Å². The highest BCUT2D eigenvalue weighted by Crippen LogP contribution is 2.14. The van der Waals surface area contributed by atoms with Gasteiger partial charge in [0.05, 0.1) is 18.2 Å². The van der Waals surface area contributed by atoms with E-state index in [4.69, 9.17) is 9.47 Å². The Kier molecular flexibility index (Phi) is 7.09. The summed E-state index contributed by atoms with van der Waals surface area (Å²) in [4.78, 5) is 36.5. The van der Waals surface area contributed by atoms with Crippen molar-refractivity contribution in [3.8, 4) is 0 Å². The normalized spacial score (nSPS) is 12.0. The van der Waals surface area contributed by atoms with Gasteiger partial charge in [0.2, 0.25) is 0 Å². The average Bonchev–Trinajstić information content (AvgIpc) is 2.66. The summed E-state index contributed by atoms with van der Waals surface area (Å²) >= 11 is 0. The van der Waals surface area contributed by atoms with Crippen molar-refractivity contribution in [3.63, 3.8) is 0 Å². The van der Waals surface area contributed by atoms with Crippen molar-refractivity contribution in [2.75, 3.05) is 7.11 Å². The number of ether oxygens (including phenoxy) is 2. The van der Waals surface area contributed by atoms with Crippen LogP contribution in [0.25, 0.3) is 0 Å². The van der Waals surface area contributed by atoms with E-state index in [1.54, 1.807) is 45.0 Å². The van der Waals surface area contributed by atoms with Crippen LogP contribution < -0.4 is 5.32 Å². The second kappa shape index (κ2) is 9.32. The second-order valence-corrected chi connectivity index (χ2v) is 7.43. The number of esters is 2.